The van der Waals surface area contributed by atoms with Crippen LogP contribution in [0.3, 0.4) is 0 Å². The summed E-state index contributed by atoms with van der Waals surface area (Å²) in [7, 11) is 0. The maximum Gasteiger partial charge on any atom is 0.323 e. The molecular weight excluding hydrogens is 232 g/mol. The number of likely N-dealkylation sites (N-methyl/N-ethyl adjacent to an activating group) is 1. The number of hydrogen-bond acceptors (Lipinski definition) is 3. The fourth-order valence-electron chi connectivity index (χ4n) is 2.09. The van der Waals surface area contributed by atoms with E-state index in [1.807, 2.05) is 20.8 Å². The summed E-state index contributed by atoms with van der Waals surface area (Å²) < 4.78 is 0. The van der Waals surface area contributed by atoms with Crippen molar-refractivity contribution in [1.82, 2.24) is 10.2 Å². The molecule has 5 nitrogen and oxygen atoms in total. The zero-order valence-corrected chi connectivity index (χ0v) is 12.1. The van der Waals surface area contributed by atoms with E-state index in [-0.39, 0.29) is 5.91 Å². The monoisotopic (exact) mass is 258 g/mol. The van der Waals surface area contributed by atoms with Crippen LogP contribution in [-0.2, 0) is 9.59 Å². The van der Waals surface area contributed by atoms with Crippen molar-refractivity contribution >= 4 is 11.9 Å². The summed E-state index contributed by atoms with van der Waals surface area (Å²) >= 11 is 0. The Bertz CT molecular complexity index is 290. The topological polar surface area (TPSA) is 69.6 Å². The van der Waals surface area contributed by atoms with Gasteiger partial charge in [0.15, 0.2) is 0 Å². The fraction of sp³-hybridized carbons (Fsp3) is 0.846. The van der Waals surface area contributed by atoms with Gasteiger partial charge in [0, 0.05) is 13.1 Å². The number of carbonyl (C=O) groups is 2. The van der Waals surface area contributed by atoms with E-state index in [1.54, 1.807) is 18.7 Å². The van der Waals surface area contributed by atoms with E-state index in [4.69, 9.17) is 0 Å². The molecule has 0 aromatic carbocycles. The molecule has 2 N–H and O–H groups in total. The third kappa shape index (κ3) is 4.29. The number of rotatable bonds is 8. The van der Waals surface area contributed by atoms with E-state index in [2.05, 4.69) is 5.32 Å². The molecule has 0 radical (unpaired) electrons. The first kappa shape index (κ1) is 16.9. The molecule has 0 saturated heterocycles. The van der Waals surface area contributed by atoms with Crippen molar-refractivity contribution in [2.75, 3.05) is 13.1 Å². The molecule has 0 aliphatic carbocycles. The molecule has 0 aromatic heterocycles. The summed E-state index contributed by atoms with van der Waals surface area (Å²) in [4.78, 5) is 25.1. The lowest BCUT2D eigenvalue weighted by molar-refractivity contribution is -0.145. The van der Waals surface area contributed by atoms with E-state index < -0.39 is 17.6 Å². The van der Waals surface area contributed by atoms with Gasteiger partial charge in [0.2, 0.25) is 5.91 Å². The average molecular weight is 258 g/mol. The SMILES string of the molecule is CCCC(C)(NC(C)C(=O)N(CC)CC)C(=O)O. The highest BCUT2D eigenvalue weighted by Gasteiger charge is 2.35. The molecule has 0 aliphatic heterocycles. The third-order valence-electron chi connectivity index (χ3n) is 3.20. The molecule has 2 atom stereocenters. The highest BCUT2D eigenvalue weighted by Crippen LogP contribution is 2.14. The van der Waals surface area contributed by atoms with Gasteiger partial charge in [-0.15, -0.1) is 0 Å². The van der Waals surface area contributed by atoms with Gasteiger partial charge < -0.3 is 10.0 Å². The lowest BCUT2D eigenvalue weighted by Gasteiger charge is -2.31. The summed E-state index contributed by atoms with van der Waals surface area (Å²) in [5.74, 6) is -0.966. The zero-order chi connectivity index (χ0) is 14.3. The largest absolute Gasteiger partial charge is 0.480 e. The average Bonchev–Trinajstić information content (AvgIpc) is 2.30. The molecule has 5 heteroatoms. The number of nitrogens with one attached hydrogen (secondary N) is 1. The Labute approximate surface area is 110 Å². The van der Waals surface area contributed by atoms with Crippen LogP contribution in [0.2, 0.25) is 0 Å². The maximum absolute atomic E-state index is 12.1. The number of carbonyl (C=O) groups excluding carboxylic acids is 1. The van der Waals surface area contributed by atoms with Crippen LogP contribution in [0.5, 0.6) is 0 Å². The smallest absolute Gasteiger partial charge is 0.323 e. The van der Waals surface area contributed by atoms with Crippen LogP contribution >= 0.6 is 0 Å². The summed E-state index contributed by atoms with van der Waals surface area (Å²) in [6.07, 6.45) is 1.25. The van der Waals surface area contributed by atoms with Gasteiger partial charge in [-0.05, 0) is 34.1 Å². The number of carboxylic acid groups (broad SMARTS) is 1. The molecule has 0 aromatic rings. The molecule has 106 valence electrons. The molecule has 0 saturated carbocycles. The summed E-state index contributed by atoms with van der Waals surface area (Å²) in [6.45, 7) is 10.4. The predicted octanol–water partition coefficient (Wildman–Crippen LogP) is 1.48. The molecule has 0 heterocycles. The van der Waals surface area contributed by atoms with Crippen LogP contribution in [-0.4, -0.2) is 46.6 Å². The highest BCUT2D eigenvalue weighted by atomic mass is 16.4. The second-order valence-electron chi connectivity index (χ2n) is 4.76. The van der Waals surface area contributed by atoms with Crippen LogP contribution < -0.4 is 5.32 Å². The van der Waals surface area contributed by atoms with Crippen LogP contribution in [0, 0.1) is 0 Å². The quantitative estimate of drug-likeness (QED) is 0.692. The molecule has 0 aliphatic rings. The molecule has 0 bridgehead atoms. The van der Waals surface area contributed by atoms with Crippen molar-refractivity contribution < 1.29 is 14.7 Å². The van der Waals surface area contributed by atoms with Gasteiger partial charge in [-0.25, -0.2) is 0 Å². The van der Waals surface area contributed by atoms with E-state index in [0.717, 1.165) is 6.42 Å². The van der Waals surface area contributed by atoms with Crippen LogP contribution in [0.4, 0.5) is 0 Å². The molecule has 18 heavy (non-hydrogen) atoms. The number of aliphatic carboxylic acids is 1. The number of carboxylic acids is 1. The Morgan fingerprint density at radius 1 is 1.28 bits per heavy atom. The molecule has 0 fully saturated rings. The second kappa shape index (κ2) is 7.36. The first-order valence-corrected chi connectivity index (χ1v) is 6.62. The first-order valence-electron chi connectivity index (χ1n) is 6.62. The van der Waals surface area contributed by atoms with Gasteiger partial charge in [0.05, 0.1) is 6.04 Å². The summed E-state index contributed by atoms with van der Waals surface area (Å²) in [5, 5.41) is 12.2. The molecule has 0 spiro atoms. The minimum atomic E-state index is -1.04. The van der Waals surface area contributed by atoms with Gasteiger partial charge >= 0.3 is 5.97 Å². The van der Waals surface area contributed by atoms with Gasteiger partial charge in [-0.2, -0.15) is 0 Å². The van der Waals surface area contributed by atoms with E-state index in [0.29, 0.717) is 19.5 Å². The molecule has 2 unspecified atom stereocenters. The Balaban J connectivity index is 4.74. The highest BCUT2D eigenvalue weighted by molar-refractivity contribution is 5.84. The summed E-state index contributed by atoms with van der Waals surface area (Å²) in [5.41, 5.74) is -1.04. The van der Waals surface area contributed by atoms with Gasteiger partial charge in [-0.3, -0.25) is 14.9 Å². The lowest BCUT2D eigenvalue weighted by atomic mass is 9.95. The third-order valence-corrected chi connectivity index (χ3v) is 3.20. The second-order valence-corrected chi connectivity index (χ2v) is 4.76. The fourth-order valence-corrected chi connectivity index (χ4v) is 2.09. The van der Waals surface area contributed by atoms with Crippen molar-refractivity contribution in [1.29, 1.82) is 0 Å². The number of nitrogens with zero attached hydrogens (tertiary/aromatic N) is 1. The van der Waals surface area contributed by atoms with E-state index >= 15 is 0 Å². The standard InChI is InChI=1S/C13H26N2O3/c1-6-9-13(5,12(17)18)14-10(4)11(16)15(7-2)8-3/h10,14H,6-9H2,1-5H3,(H,17,18). The van der Waals surface area contributed by atoms with Crippen LogP contribution in [0.25, 0.3) is 0 Å². The predicted molar refractivity (Wildman–Crippen MR) is 71.5 cm³/mol. The van der Waals surface area contributed by atoms with Crippen molar-refractivity contribution in [2.24, 2.45) is 0 Å². The first-order chi connectivity index (χ1) is 8.32. The van der Waals surface area contributed by atoms with Crippen molar-refractivity contribution in [2.45, 2.75) is 59.0 Å². The summed E-state index contributed by atoms with van der Waals surface area (Å²) in [6, 6.07) is -0.488. The molecular formula is C13H26N2O3. The zero-order valence-electron chi connectivity index (χ0n) is 12.1. The van der Waals surface area contributed by atoms with E-state index in [9.17, 15) is 14.7 Å². The molecule has 1 amide bonds. The minimum Gasteiger partial charge on any atom is -0.480 e. The van der Waals surface area contributed by atoms with Crippen molar-refractivity contribution in [3.63, 3.8) is 0 Å². The van der Waals surface area contributed by atoms with Crippen LogP contribution in [0.15, 0.2) is 0 Å². The van der Waals surface area contributed by atoms with Gasteiger partial charge in [0.25, 0.3) is 0 Å². The lowest BCUT2D eigenvalue weighted by Crippen LogP contribution is -2.57. The molecule has 0 rings (SSSR count). The van der Waals surface area contributed by atoms with E-state index in [1.165, 1.54) is 0 Å². The minimum absolute atomic E-state index is 0.0522. The van der Waals surface area contributed by atoms with Crippen molar-refractivity contribution in [3.8, 4) is 0 Å². The Morgan fingerprint density at radius 3 is 2.11 bits per heavy atom. The number of hydrogen-bond donors (Lipinski definition) is 2. The Morgan fingerprint density at radius 2 is 1.78 bits per heavy atom. The van der Waals surface area contributed by atoms with Crippen molar-refractivity contribution in [3.05, 3.63) is 0 Å². The maximum atomic E-state index is 12.1. The Hall–Kier alpha value is -1.10. The normalized spacial score (nSPS) is 15.8. The Kier molecular flexibility index (Phi) is 6.91. The van der Waals surface area contributed by atoms with Gasteiger partial charge in [-0.1, -0.05) is 13.3 Å². The van der Waals surface area contributed by atoms with Gasteiger partial charge in [0.1, 0.15) is 5.54 Å². The number of amides is 1. The van der Waals surface area contributed by atoms with Crippen LogP contribution in [0.1, 0.15) is 47.5 Å².